The Morgan fingerprint density at radius 1 is 1.21 bits per heavy atom. The lowest BCUT2D eigenvalue weighted by Crippen LogP contribution is -2.37. The summed E-state index contributed by atoms with van der Waals surface area (Å²) < 4.78 is 14.4. The Bertz CT molecular complexity index is 1050. The van der Waals surface area contributed by atoms with Crippen molar-refractivity contribution >= 4 is 28.4 Å². The molecule has 1 aliphatic rings. The Labute approximate surface area is 161 Å². The number of nitrogens with one attached hydrogen (secondary N) is 3. The summed E-state index contributed by atoms with van der Waals surface area (Å²) in [6.45, 7) is 3.04. The van der Waals surface area contributed by atoms with Gasteiger partial charge < -0.3 is 10.6 Å². The second-order valence-corrected chi connectivity index (χ2v) is 7.12. The topological polar surface area (TPSA) is 86.9 Å². The number of benzene rings is 2. The van der Waals surface area contributed by atoms with Crippen molar-refractivity contribution in [1.29, 1.82) is 0 Å². The molecule has 1 amide bonds. The maximum absolute atomic E-state index is 14.4. The monoisotopic (exact) mass is 380 g/mol. The lowest BCUT2D eigenvalue weighted by molar-refractivity contribution is -0.120. The summed E-state index contributed by atoms with van der Waals surface area (Å²) >= 11 is 0. The number of fused-ring (bicyclic) bond motifs is 1. The summed E-state index contributed by atoms with van der Waals surface area (Å²) in [4.78, 5) is 24.2. The van der Waals surface area contributed by atoms with Gasteiger partial charge in [-0.2, -0.15) is 5.10 Å². The van der Waals surface area contributed by atoms with Crippen molar-refractivity contribution in [2.45, 2.75) is 19.8 Å². The molecule has 0 aliphatic carbocycles. The second-order valence-electron chi connectivity index (χ2n) is 7.12. The number of hydrogen-bond donors (Lipinski definition) is 3. The minimum absolute atomic E-state index is 0.0734. The Hall–Kier alpha value is -3.06. The molecule has 7 heteroatoms. The largest absolute Gasteiger partial charge is 0.316 e. The molecule has 0 bridgehead atoms. The van der Waals surface area contributed by atoms with E-state index in [0.29, 0.717) is 34.4 Å². The fourth-order valence-corrected chi connectivity index (χ4v) is 3.54. The second kappa shape index (κ2) is 7.52. The van der Waals surface area contributed by atoms with Crippen LogP contribution in [0.2, 0.25) is 0 Å². The summed E-state index contributed by atoms with van der Waals surface area (Å²) in [5.41, 5.74) is 2.14. The highest BCUT2D eigenvalue weighted by Gasteiger charge is 2.22. The first-order valence-electron chi connectivity index (χ1n) is 9.33. The summed E-state index contributed by atoms with van der Waals surface area (Å²) in [5.74, 6) is -0.272. The third kappa shape index (κ3) is 3.53. The van der Waals surface area contributed by atoms with Gasteiger partial charge in [0.15, 0.2) is 11.6 Å². The first-order valence-corrected chi connectivity index (χ1v) is 9.33. The van der Waals surface area contributed by atoms with Crippen LogP contribution in [0.4, 0.5) is 10.2 Å². The van der Waals surface area contributed by atoms with Crippen molar-refractivity contribution in [3.05, 3.63) is 47.8 Å². The Kier molecular flexibility index (Phi) is 4.92. The summed E-state index contributed by atoms with van der Waals surface area (Å²) in [6.07, 6.45) is 1.81. The number of carbonyl (C=O) groups is 2. The molecule has 1 fully saturated rings. The number of aromatic amines is 1. The van der Waals surface area contributed by atoms with Crippen LogP contribution in [0.25, 0.3) is 22.0 Å². The highest BCUT2D eigenvalue weighted by Crippen LogP contribution is 2.30. The Balaban J connectivity index is 1.68. The lowest BCUT2D eigenvalue weighted by Gasteiger charge is -2.21. The fourth-order valence-electron chi connectivity index (χ4n) is 3.54. The number of piperidine rings is 1. The van der Waals surface area contributed by atoms with E-state index in [1.54, 1.807) is 24.3 Å². The van der Waals surface area contributed by atoms with Crippen LogP contribution in [-0.4, -0.2) is 35.0 Å². The van der Waals surface area contributed by atoms with Gasteiger partial charge in [-0.15, -0.1) is 0 Å². The van der Waals surface area contributed by atoms with Crippen molar-refractivity contribution in [2.75, 3.05) is 18.4 Å². The predicted octanol–water partition coefficient (Wildman–Crippen LogP) is 3.51. The van der Waals surface area contributed by atoms with Crippen LogP contribution < -0.4 is 10.6 Å². The molecule has 1 saturated heterocycles. The fraction of sp³-hybridized carbons (Fsp3) is 0.286. The minimum atomic E-state index is -0.410. The van der Waals surface area contributed by atoms with Crippen molar-refractivity contribution in [1.82, 2.24) is 15.5 Å². The number of hydrogen-bond acceptors (Lipinski definition) is 4. The number of ketones is 1. The van der Waals surface area contributed by atoms with E-state index < -0.39 is 5.82 Å². The zero-order valence-electron chi connectivity index (χ0n) is 15.5. The van der Waals surface area contributed by atoms with Crippen LogP contribution in [0.3, 0.4) is 0 Å². The molecular weight excluding hydrogens is 359 g/mol. The van der Waals surface area contributed by atoms with E-state index in [4.69, 9.17) is 0 Å². The van der Waals surface area contributed by atoms with E-state index in [0.717, 1.165) is 24.9 Å². The maximum atomic E-state index is 14.4. The molecule has 1 aromatic heterocycles. The van der Waals surface area contributed by atoms with Crippen LogP contribution >= 0.6 is 0 Å². The van der Waals surface area contributed by atoms with Gasteiger partial charge in [-0.1, -0.05) is 6.07 Å². The Morgan fingerprint density at radius 2 is 2.07 bits per heavy atom. The predicted molar refractivity (Wildman–Crippen MR) is 106 cm³/mol. The lowest BCUT2D eigenvalue weighted by atomic mass is 9.98. The standard InChI is InChI=1S/C21H21FN4O2/c1-12(27)13-4-6-18(22)16(9-13)14-5-7-19-17(10-14)20(26-25-19)24-21(28)15-3-2-8-23-11-15/h4-7,9-10,15,23H,2-3,8,11H2,1H3,(H2,24,25,26,28). The number of anilines is 1. The molecule has 28 heavy (non-hydrogen) atoms. The highest BCUT2D eigenvalue weighted by atomic mass is 19.1. The molecule has 0 radical (unpaired) electrons. The number of H-pyrrole nitrogens is 1. The molecule has 1 unspecified atom stereocenters. The molecule has 3 N–H and O–H groups in total. The van der Waals surface area contributed by atoms with Crippen LogP contribution in [0.15, 0.2) is 36.4 Å². The van der Waals surface area contributed by atoms with Gasteiger partial charge in [0.25, 0.3) is 0 Å². The third-order valence-electron chi connectivity index (χ3n) is 5.16. The summed E-state index contributed by atoms with van der Waals surface area (Å²) in [7, 11) is 0. The van der Waals surface area contributed by atoms with E-state index in [-0.39, 0.29) is 17.6 Å². The SMILES string of the molecule is CC(=O)c1ccc(F)c(-c2ccc3[nH]nc(NC(=O)C4CCCNC4)c3c2)c1. The summed E-state index contributed by atoms with van der Waals surface area (Å²) in [6, 6.07) is 9.64. The van der Waals surface area contributed by atoms with Gasteiger partial charge >= 0.3 is 0 Å². The number of Topliss-reactive ketones (excluding diaryl/α,β-unsaturated/α-hetero) is 1. The molecule has 0 saturated carbocycles. The maximum Gasteiger partial charge on any atom is 0.229 e. The van der Waals surface area contributed by atoms with Gasteiger partial charge in [0.2, 0.25) is 5.91 Å². The number of amides is 1. The van der Waals surface area contributed by atoms with E-state index in [2.05, 4.69) is 20.8 Å². The first-order chi connectivity index (χ1) is 13.5. The van der Waals surface area contributed by atoms with Crippen LogP contribution in [-0.2, 0) is 4.79 Å². The number of halogens is 1. The number of aromatic nitrogens is 2. The van der Waals surface area contributed by atoms with Crippen molar-refractivity contribution < 1.29 is 14.0 Å². The Morgan fingerprint density at radius 3 is 2.82 bits per heavy atom. The van der Waals surface area contributed by atoms with E-state index in [1.165, 1.54) is 19.1 Å². The average Bonchev–Trinajstić information content (AvgIpc) is 3.11. The highest BCUT2D eigenvalue weighted by molar-refractivity contribution is 6.02. The third-order valence-corrected chi connectivity index (χ3v) is 5.16. The van der Waals surface area contributed by atoms with E-state index >= 15 is 0 Å². The molecule has 1 aliphatic heterocycles. The van der Waals surface area contributed by atoms with Crippen LogP contribution in [0.5, 0.6) is 0 Å². The molecule has 1 atom stereocenters. The molecule has 144 valence electrons. The molecule has 6 nitrogen and oxygen atoms in total. The minimum Gasteiger partial charge on any atom is -0.316 e. The number of carbonyl (C=O) groups excluding carboxylic acids is 2. The molecule has 4 rings (SSSR count). The number of rotatable bonds is 4. The van der Waals surface area contributed by atoms with Gasteiger partial charge in [0, 0.05) is 23.1 Å². The van der Waals surface area contributed by atoms with Gasteiger partial charge in [-0.05, 0) is 62.2 Å². The number of nitrogens with zero attached hydrogens (tertiary/aromatic N) is 1. The van der Waals surface area contributed by atoms with Crippen LogP contribution in [0, 0.1) is 11.7 Å². The van der Waals surface area contributed by atoms with Gasteiger partial charge in [-0.3, -0.25) is 14.7 Å². The molecule has 2 heterocycles. The zero-order valence-corrected chi connectivity index (χ0v) is 15.5. The van der Waals surface area contributed by atoms with Gasteiger partial charge in [-0.25, -0.2) is 4.39 Å². The first kappa shape index (κ1) is 18.3. The smallest absolute Gasteiger partial charge is 0.229 e. The van der Waals surface area contributed by atoms with Crippen LogP contribution in [0.1, 0.15) is 30.1 Å². The van der Waals surface area contributed by atoms with Gasteiger partial charge in [0.05, 0.1) is 11.4 Å². The zero-order chi connectivity index (χ0) is 19.7. The quantitative estimate of drug-likeness (QED) is 0.605. The summed E-state index contributed by atoms with van der Waals surface area (Å²) in [5, 5.41) is 13.9. The molecule has 0 spiro atoms. The molecular formula is C21H21FN4O2. The molecule has 3 aromatic rings. The van der Waals surface area contributed by atoms with Crippen molar-refractivity contribution in [3.63, 3.8) is 0 Å². The normalized spacial score (nSPS) is 16.9. The van der Waals surface area contributed by atoms with Crippen molar-refractivity contribution in [3.8, 4) is 11.1 Å². The van der Waals surface area contributed by atoms with Crippen molar-refractivity contribution in [2.24, 2.45) is 5.92 Å². The van der Waals surface area contributed by atoms with E-state index in [1.807, 2.05) is 0 Å². The van der Waals surface area contributed by atoms with Gasteiger partial charge in [0.1, 0.15) is 5.82 Å². The average molecular weight is 380 g/mol. The van der Waals surface area contributed by atoms with E-state index in [9.17, 15) is 14.0 Å². The molecule has 2 aromatic carbocycles.